The van der Waals surface area contributed by atoms with E-state index in [1.807, 2.05) is 34.2 Å². The third-order valence-electron chi connectivity index (χ3n) is 11.1. The van der Waals surface area contributed by atoms with Crippen molar-refractivity contribution in [3.63, 3.8) is 0 Å². The van der Waals surface area contributed by atoms with E-state index in [0.29, 0.717) is 26.1 Å². The van der Waals surface area contributed by atoms with Crippen molar-refractivity contribution < 1.29 is 14.4 Å². The predicted octanol–water partition coefficient (Wildman–Crippen LogP) is 4.00. The molecule has 0 radical (unpaired) electrons. The molecule has 11 nitrogen and oxygen atoms in total. The normalized spacial score (nSPS) is 21.9. The summed E-state index contributed by atoms with van der Waals surface area (Å²) in [6.45, 7) is 8.48. The summed E-state index contributed by atoms with van der Waals surface area (Å²) in [5.74, 6) is -0.300. The maximum Gasteiger partial charge on any atom is 0.322 e. The van der Waals surface area contributed by atoms with Gasteiger partial charge < -0.3 is 25.3 Å². The predicted molar refractivity (Wildman–Crippen MR) is 187 cm³/mol. The van der Waals surface area contributed by atoms with Gasteiger partial charge >= 0.3 is 6.03 Å². The number of benzene rings is 2. The first-order chi connectivity index (χ1) is 23.5. The number of nitrogens with zero attached hydrogens (tertiary/aromatic N) is 5. The van der Waals surface area contributed by atoms with Crippen LogP contribution in [0.2, 0.25) is 0 Å². The van der Waals surface area contributed by atoms with Crippen molar-refractivity contribution in [2.45, 2.75) is 76.9 Å². The Balaban J connectivity index is 1.06. The summed E-state index contributed by atoms with van der Waals surface area (Å²) >= 11 is 0. The molecule has 4 aliphatic heterocycles. The largest absolute Gasteiger partial charge is 0.343 e. The molecule has 4 aliphatic rings. The van der Waals surface area contributed by atoms with Crippen LogP contribution >= 0.6 is 0 Å². The average Bonchev–Trinajstić information content (AvgIpc) is 3.54. The molecule has 0 aliphatic carbocycles. The number of aromatic amines is 1. The van der Waals surface area contributed by atoms with Crippen molar-refractivity contribution in [3.8, 4) is 0 Å². The molecule has 0 spiro atoms. The van der Waals surface area contributed by atoms with E-state index in [2.05, 4.69) is 55.8 Å². The number of hydrogen-bond acceptors (Lipinski definition) is 6. The highest BCUT2D eigenvalue weighted by molar-refractivity contribution is 5.91. The Hall–Kier alpha value is -3.96. The number of likely N-dealkylation sites (tertiary alicyclic amines) is 2. The molecule has 48 heavy (non-hydrogen) atoms. The number of amides is 4. The highest BCUT2D eigenvalue weighted by Gasteiger charge is 2.38. The molecule has 3 N–H and O–H groups in total. The number of piperidine rings is 2. The lowest BCUT2D eigenvalue weighted by atomic mass is 9.90. The molecule has 2 atom stereocenters. The standard InChI is InChI=1S/C37H50N8O3/c1-2-27-21-26(23-30-25-39-41-35(27)30)22-29(36(47)45-15-6-5-9-33(45)42-19-13-38-14-20-42)24-34(46)43-16-11-31(12-17-43)44-18-10-28-7-3-4-8-32(28)40-37(44)48/h3-4,7-8,21,23,25,29,31,33,38H,2,5-6,9-20,22,24H2,1H3,(H,39,41)(H,40,48). The van der Waals surface area contributed by atoms with Gasteiger partial charge in [-0.25, -0.2) is 4.79 Å². The highest BCUT2D eigenvalue weighted by Crippen LogP contribution is 2.29. The molecule has 3 aromatic rings. The van der Waals surface area contributed by atoms with Crippen LogP contribution in [0.25, 0.3) is 10.9 Å². The maximum absolute atomic E-state index is 14.6. The van der Waals surface area contributed by atoms with Crippen LogP contribution in [0.3, 0.4) is 0 Å². The first-order valence-corrected chi connectivity index (χ1v) is 18.1. The van der Waals surface area contributed by atoms with Gasteiger partial charge in [0.2, 0.25) is 11.8 Å². The van der Waals surface area contributed by atoms with Crippen molar-refractivity contribution in [1.82, 2.24) is 35.1 Å². The van der Waals surface area contributed by atoms with Crippen LogP contribution in [-0.2, 0) is 28.9 Å². The Morgan fingerprint density at radius 1 is 0.979 bits per heavy atom. The number of aromatic nitrogens is 2. The monoisotopic (exact) mass is 654 g/mol. The van der Waals surface area contributed by atoms with Gasteiger partial charge in [0.25, 0.3) is 0 Å². The molecule has 7 rings (SSSR count). The maximum atomic E-state index is 14.6. The number of carbonyl (C=O) groups is 3. The van der Waals surface area contributed by atoms with Crippen molar-refractivity contribution in [2.24, 2.45) is 5.92 Å². The van der Waals surface area contributed by atoms with E-state index >= 15 is 0 Å². The van der Waals surface area contributed by atoms with E-state index in [-0.39, 0.29) is 36.5 Å². The summed E-state index contributed by atoms with van der Waals surface area (Å²) in [6.07, 6.45) is 8.90. The molecule has 0 saturated carbocycles. The van der Waals surface area contributed by atoms with Crippen molar-refractivity contribution in [1.29, 1.82) is 0 Å². The second kappa shape index (κ2) is 14.7. The molecule has 3 saturated heterocycles. The number of fused-ring (bicyclic) bond motifs is 2. The fourth-order valence-electron chi connectivity index (χ4n) is 8.40. The van der Waals surface area contributed by atoms with Crippen molar-refractivity contribution in [3.05, 3.63) is 59.3 Å². The number of urea groups is 1. The smallest absolute Gasteiger partial charge is 0.322 e. The number of aryl methyl sites for hydroxylation is 1. The zero-order valence-corrected chi connectivity index (χ0v) is 28.3. The lowest BCUT2D eigenvalue weighted by Crippen LogP contribution is -2.59. The molecule has 0 bridgehead atoms. The number of hydrogen-bond donors (Lipinski definition) is 3. The third-order valence-corrected chi connectivity index (χ3v) is 11.1. The zero-order chi connectivity index (χ0) is 33.0. The highest BCUT2D eigenvalue weighted by atomic mass is 16.2. The molecule has 2 aromatic carbocycles. The summed E-state index contributed by atoms with van der Waals surface area (Å²) in [5, 5.41) is 15.0. The number of H-pyrrole nitrogens is 1. The van der Waals surface area contributed by atoms with E-state index in [9.17, 15) is 14.4 Å². The number of carbonyl (C=O) groups excluding carboxylic acids is 3. The van der Waals surface area contributed by atoms with Crippen molar-refractivity contribution in [2.75, 3.05) is 57.7 Å². The lowest BCUT2D eigenvalue weighted by molar-refractivity contribution is -0.148. The summed E-state index contributed by atoms with van der Waals surface area (Å²) in [7, 11) is 0. The SMILES string of the molecule is CCc1cc(CC(CC(=O)N2CCC(N3CCc4ccccc4NC3=O)CC2)C(=O)N2CCCCC2N2CCNCC2)cc2cn[nH]c12. The topological polar surface area (TPSA) is 117 Å². The summed E-state index contributed by atoms with van der Waals surface area (Å²) in [6, 6.07) is 12.3. The zero-order valence-electron chi connectivity index (χ0n) is 28.3. The molecule has 3 fully saturated rings. The fraction of sp³-hybridized carbons (Fsp3) is 0.568. The number of para-hydroxylation sites is 1. The summed E-state index contributed by atoms with van der Waals surface area (Å²) in [5.41, 5.74) is 5.34. The van der Waals surface area contributed by atoms with Gasteiger partial charge in [-0.05, 0) is 80.2 Å². The number of nitrogens with one attached hydrogen (secondary N) is 3. The Bertz CT molecular complexity index is 1610. The second-order valence-corrected chi connectivity index (χ2v) is 14.0. The van der Waals surface area contributed by atoms with Crippen LogP contribution in [0.15, 0.2) is 42.6 Å². The first kappa shape index (κ1) is 32.6. The number of piperazine rings is 1. The molecule has 1 aromatic heterocycles. The van der Waals surface area contributed by atoms with Gasteiger partial charge in [0.1, 0.15) is 0 Å². The molecule has 256 valence electrons. The fourth-order valence-corrected chi connectivity index (χ4v) is 8.40. The van der Waals surface area contributed by atoms with Gasteiger partial charge in [0.05, 0.1) is 23.8 Å². The molecule has 2 unspecified atom stereocenters. The Morgan fingerprint density at radius 2 is 1.79 bits per heavy atom. The second-order valence-electron chi connectivity index (χ2n) is 14.0. The van der Waals surface area contributed by atoms with Crippen LogP contribution in [0, 0.1) is 5.92 Å². The van der Waals surface area contributed by atoms with Gasteiger partial charge in [0, 0.05) is 75.9 Å². The molecule has 5 heterocycles. The quantitative estimate of drug-likeness (QED) is 0.338. The van der Waals surface area contributed by atoms with Crippen LogP contribution in [0.5, 0.6) is 0 Å². The van der Waals surface area contributed by atoms with E-state index in [0.717, 1.165) is 105 Å². The van der Waals surface area contributed by atoms with Crippen LogP contribution < -0.4 is 10.6 Å². The average molecular weight is 655 g/mol. The van der Waals surface area contributed by atoms with E-state index < -0.39 is 5.92 Å². The molecular weight excluding hydrogens is 604 g/mol. The third kappa shape index (κ3) is 6.94. The van der Waals surface area contributed by atoms with Gasteiger partial charge in [-0.1, -0.05) is 31.2 Å². The Kier molecular flexibility index (Phi) is 9.95. The Labute approximate surface area is 283 Å². The summed E-state index contributed by atoms with van der Waals surface area (Å²) in [4.78, 5) is 50.3. The lowest BCUT2D eigenvalue weighted by Gasteiger charge is -2.45. The first-order valence-electron chi connectivity index (χ1n) is 18.1. The minimum absolute atomic E-state index is 0.0374. The van der Waals surface area contributed by atoms with Crippen LogP contribution in [0.4, 0.5) is 10.5 Å². The van der Waals surface area contributed by atoms with E-state index in [1.54, 1.807) is 0 Å². The molecular formula is C37H50N8O3. The van der Waals surface area contributed by atoms with Crippen LogP contribution in [-0.4, -0.2) is 112 Å². The number of anilines is 1. The van der Waals surface area contributed by atoms with Gasteiger partial charge in [-0.15, -0.1) is 0 Å². The van der Waals surface area contributed by atoms with Gasteiger partial charge in [0.15, 0.2) is 0 Å². The van der Waals surface area contributed by atoms with Crippen molar-refractivity contribution >= 4 is 34.4 Å². The van der Waals surface area contributed by atoms with Gasteiger partial charge in [-0.3, -0.25) is 19.6 Å². The minimum Gasteiger partial charge on any atom is -0.343 e. The van der Waals surface area contributed by atoms with Gasteiger partial charge in [-0.2, -0.15) is 5.10 Å². The Morgan fingerprint density at radius 3 is 2.60 bits per heavy atom. The number of rotatable bonds is 8. The van der Waals surface area contributed by atoms with E-state index in [1.165, 1.54) is 5.56 Å². The molecule has 11 heteroatoms. The van der Waals surface area contributed by atoms with E-state index in [4.69, 9.17) is 0 Å². The van der Waals surface area contributed by atoms with Crippen LogP contribution in [0.1, 0.15) is 62.1 Å². The summed E-state index contributed by atoms with van der Waals surface area (Å²) < 4.78 is 0. The molecule has 4 amide bonds. The minimum atomic E-state index is -0.442.